The summed E-state index contributed by atoms with van der Waals surface area (Å²) < 4.78 is 32.1. The molecule has 0 aromatic heterocycles. The Hall–Kier alpha value is -3.05. The molecule has 2 rings (SSSR count). The first-order chi connectivity index (χ1) is 11.4. The Labute approximate surface area is 139 Å². The number of rotatable bonds is 5. The highest BCUT2D eigenvalue weighted by molar-refractivity contribution is 7.92. The lowest BCUT2D eigenvalue weighted by atomic mass is 10.2. The summed E-state index contributed by atoms with van der Waals surface area (Å²) in [6.07, 6.45) is 0. The fourth-order valence-corrected chi connectivity index (χ4v) is 3.14. The Balaban J connectivity index is 2.43. The summed E-state index contributed by atoms with van der Waals surface area (Å²) in [5, 5.41) is 11.8. The normalized spacial score (nSPS) is 10.5. The third-order valence-corrected chi connectivity index (χ3v) is 4.59. The molecule has 0 radical (unpaired) electrons. The second-order valence-electron chi connectivity index (χ2n) is 4.75. The maximum absolute atomic E-state index is 12.6. The number of anilines is 2. The molecule has 0 saturated carbocycles. The van der Waals surface area contributed by atoms with Crippen molar-refractivity contribution >= 4 is 27.4 Å². The molecule has 0 aliphatic heterocycles. The molecular formula is C16H15N3O4S. The number of carbonyl (C=O) groups is 1. The molecular weight excluding hydrogens is 330 g/mol. The molecule has 0 saturated heterocycles. The van der Waals surface area contributed by atoms with E-state index in [-0.39, 0.29) is 16.1 Å². The van der Waals surface area contributed by atoms with Crippen molar-refractivity contribution in [1.82, 2.24) is 0 Å². The molecule has 0 aliphatic rings. The zero-order valence-corrected chi connectivity index (χ0v) is 13.8. The minimum atomic E-state index is -3.94. The van der Waals surface area contributed by atoms with Gasteiger partial charge in [-0.3, -0.25) is 4.72 Å². The predicted octanol–water partition coefficient (Wildman–Crippen LogP) is 2.19. The number of hydrogen-bond donors (Lipinski definition) is 2. The summed E-state index contributed by atoms with van der Waals surface area (Å²) in [7, 11) is -1.09. The van der Waals surface area contributed by atoms with Crippen molar-refractivity contribution in [3.8, 4) is 6.07 Å². The topological polar surface area (TPSA) is 108 Å². The van der Waals surface area contributed by atoms with Crippen LogP contribution in [0.1, 0.15) is 15.9 Å². The Morgan fingerprint density at radius 1 is 1.17 bits per heavy atom. The van der Waals surface area contributed by atoms with Gasteiger partial charge in [0.2, 0.25) is 0 Å². The van der Waals surface area contributed by atoms with Gasteiger partial charge in [0.05, 0.1) is 40.6 Å². The molecule has 0 atom stereocenters. The molecule has 0 aliphatic carbocycles. The fraction of sp³-hybridized carbons (Fsp3) is 0.125. The van der Waals surface area contributed by atoms with Crippen LogP contribution in [0, 0.1) is 11.3 Å². The van der Waals surface area contributed by atoms with Gasteiger partial charge in [-0.05, 0) is 36.4 Å². The molecule has 0 heterocycles. The van der Waals surface area contributed by atoms with Crippen molar-refractivity contribution in [2.45, 2.75) is 4.90 Å². The highest BCUT2D eigenvalue weighted by Crippen LogP contribution is 2.26. The Morgan fingerprint density at radius 3 is 2.54 bits per heavy atom. The minimum absolute atomic E-state index is 0.0881. The monoisotopic (exact) mass is 345 g/mol. The Bertz CT molecular complexity index is 917. The van der Waals surface area contributed by atoms with Gasteiger partial charge in [0.25, 0.3) is 10.0 Å². The molecule has 0 amide bonds. The van der Waals surface area contributed by atoms with E-state index in [1.165, 1.54) is 37.4 Å². The van der Waals surface area contributed by atoms with Gasteiger partial charge < -0.3 is 10.1 Å². The summed E-state index contributed by atoms with van der Waals surface area (Å²) in [6, 6.07) is 12.0. The minimum Gasteiger partial charge on any atom is -0.465 e. The summed E-state index contributed by atoms with van der Waals surface area (Å²) in [5.74, 6) is -0.630. The van der Waals surface area contributed by atoms with E-state index in [9.17, 15) is 13.2 Å². The molecule has 0 fully saturated rings. The smallest absolute Gasteiger partial charge is 0.337 e. The van der Waals surface area contributed by atoms with E-state index in [1.807, 2.05) is 6.07 Å². The van der Waals surface area contributed by atoms with E-state index in [2.05, 4.69) is 14.8 Å². The van der Waals surface area contributed by atoms with E-state index in [0.29, 0.717) is 11.3 Å². The first-order valence-corrected chi connectivity index (χ1v) is 8.32. The van der Waals surface area contributed by atoms with Crippen LogP contribution in [0.25, 0.3) is 0 Å². The van der Waals surface area contributed by atoms with Gasteiger partial charge in [-0.25, -0.2) is 13.2 Å². The van der Waals surface area contributed by atoms with Gasteiger partial charge in [0, 0.05) is 7.05 Å². The molecule has 7 nitrogen and oxygen atoms in total. The van der Waals surface area contributed by atoms with Crippen LogP contribution < -0.4 is 10.0 Å². The van der Waals surface area contributed by atoms with Crippen LogP contribution in [0.3, 0.4) is 0 Å². The third kappa shape index (κ3) is 3.64. The maximum Gasteiger partial charge on any atom is 0.337 e. The van der Waals surface area contributed by atoms with Gasteiger partial charge in [-0.1, -0.05) is 6.07 Å². The lowest BCUT2D eigenvalue weighted by Crippen LogP contribution is -2.15. The summed E-state index contributed by atoms with van der Waals surface area (Å²) in [5.41, 5.74) is 1.19. The number of ether oxygens (including phenoxy) is 1. The number of nitrogens with zero attached hydrogens (tertiary/aromatic N) is 1. The molecule has 2 aromatic carbocycles. The first kappa shape index (κ1) is 17.3. The molecule has 0 bridgehead atoms. The standard InChI is InChI=1S/C16H15N3O4S/c1-18-14-7-6-11(10-17)8-15(14)19-24(21,22)13-5-3-4-12(9-13)16(20)23-2/h3-9,18-19H,1-2H3. The molecule has 8 heteroatoms. The summed E-state index contributed by atoms with van der Waals surface area (Å²) in [6.45, 7) is 0. The fourth-order valence-electron chi connectivity index (χ4n) is 2.03. The molecule has 2 N–H and O–H groups in total. The van der Waals surface area contributed by atoms with Crippen molar-refractivity contribution in [3.63, 3.8) is 0 Å². The van der Waals surface area contributed by atoms with Crippen LogP contribution >= 0.6 is 0 Å². The average molecular weight is 345 g/mol. The zero-order valence-electron chi connectivity index (χ0n) is 13.0. The van der Waals surface area contributed by atoms with E-state index in [1.54, 1.807) is 19.2 Å². The largest absolute Gasteiger partial charge is 0.465 e. The predicted molar refractivity (Wildman–Crippen MR) is 89.3 cm³/mol. The molecule has 0 unspecified atom stereocenters. The maximum atomic E-state index is 12.6. The van der Waals surface area contributed by atoms with Crippen LogP contribution in [0.4, 0.5) is 11.4 Å². The molecule has 2 aromatic rings. The molecule has 124 valence electrons. The number of methoxy groups -OCH3 is 1. The number of carbonyl (C=O) groups excluding carboxylic acids is 1. The van der Waals surface area contributed by atoms with Gasteiger partial charge in [0.1, 0.15) is 0 Å². The Morgan fingerprint density at radius 2 is 1.92 bits per heavy atom. The van der Waals surface area contributed by atoms with Gasteiger partial charge in [-0.2, -0.15) is 5.26 Å². The third-order valence-electron chi connectivity index (χ3n) is 3.23. The summed E-state index contributed by atoms with van der Waals surface area (Å²) in [4.78, 5) is 11.5. The number of esters is 1. The van der Waals surface area contributed by atoms with Crippen LogP contribution in [-0.2, 0) is 14.8 Å². The van der Waals surface area contributed by atoms with Crippen molar-refractivity contribution in [2.24, 2.45) is 0 Å². The number of nitrogens with one attached hydrogen (secondary N) is 2. The molecule has 0 spiro atoms. The van der Waals surface area contributed by atoms with Gasteiger partial charge >= 0.3 is 5.97 Å². The average Bonchev–Trinajstić information content (AvgIpc) is 2.60. The second kappa shape index (κ2) is 7.02. The highest BCUT2D eigenvalue weighted by Gasteiger charge is 2.18. The van der Waals surface area contributed by atoms with Crippen molar-refractivity contribution in [2.75, 3.05) is 24.2 Å². The van der Waals surface area contributed by atoms with Gasteiger partial charge in [-0.15, -0.1) is 0 Å². The zero-order chi connectivity index (χ0) is 17.7. The number of hydrogen-bond acceptors (Lipinski definition) is 6. The quantitative estimate of drug-likeness (QED) is 0.804. The van der Waals surface area contributed by atoms with Crippen LogP contribution in [0.2, 0.25) is 0 Å². The van der Waals surface area contributed by atoms with E-state index < -0.39 is 16.0 Å². The van der Waals surface area contributed by atoms with Crippen molar-refractivity contribution < 1.29 is 17.9 Å². The lowest BCUT2D eigenvalue weighted by molar-refractivity contribution is 0.0600. The van der Waals surface area contributed by atoms with Crippen LogP contribution in [-0.4, -0.2) is 28.5 Å². The van der Waals surface area contributed by atoms with Crippen LogP contribution in [0.15, 0.2) is 47.4 Å². The first-order valence-electron chi connectivity index (χ1n) is 6.84. The SMILES string of the molecule is CNc1ccc(C#N)cc1NS(=O)(=O)c1cccc(C(=O)OC)c1. The Kier molecular flexibility index (Phi) is 5.06. The number of sulfonamides is 1. The van der Waals surface area contributed by atoms with Crippen molar-refractivity contribution in [1.29, 1.82) is 5.26 Å². The van der Waals surface area contributed by atoms with Crippen molar-refractivity contribution in [3.05, 3.63) is 53.6 Å². The van der Waals surface area contributed by atoms with Crippen LogP contribution in [0.5, 0.6) is 0 Å². The highest BCUT2D eigenvalue weighted by atomic mass is 32.2. The van der Waals surface area contributed by atoms with E-state index in [0.717, 1.165) is 0 Å². The lowest BCUT2D eigenvalue weighted by Gasteiger charge is -2.13. The van der Waals surface area contributed by atoms with E-state index in [4.69, 9.17) is 5.26 Å². The molecule has 24 heavy (non-hydrogen) atoms. The summed E-state index contributed by atoms with van der Waals surface area (Å²) >= 11 is 0. The second-order valence-corrected chi connectivity index (χ2v) is 6.43. The number of benzene rings is 2. The number of nitriles is 1. The van der Waals surface area contributed by atoms with Gasteiger partial charge in [0.15, 0.2) is 0 Å². The van der Waals surface area contributed by atoms with E-state index >= 15 is 0 Å².